The van der Waals surface area contributed by atoms with Crippen LogP contribution in [0.5, 0.6) is 5.75 Å². The molecule has 8 heteroatoms. The molecule has 8 nitrogen and oxygen atoms in total. The number of anilines is 1. The number of hydrogen-bond acceptors (Lipinski definition) is 7. The van der Waals surface area contributed by atoms with Crippen molar-refractivity contribution in [2.45, 2.75) is 38.9 Å². The van der Waals surface area contributed by atoms with Crippen LogP contribution in [-0.2, 0) is 4.74 Å². The summed E-state index contributed by atoms with van der Waals surface area (Å²) in [6, 6.07) is 10.3. The molecule has 1 aromatic carbocycles. The SMILES string of the molecule is CC(C)(C)OC(=O)N1CCC(Oc2ccc(NN=C(C#N)C#N)cc2)C1. The fraction of sp³-hybridized carbons (Fsp3) is 0.444. The van der Waals surface area contributed by atoms with Gasteiger partial charge in [0.15, 0.2) is 0 Å². The Hall–Kier alpha value is -3.26. The Morgan fingerprint density at radius 1 is 1.27 bits per heavy atom. The third-order valence-electron chi connectivity index (χ3n) is 3.46. The molecule has 1 unspecified atom stereocenters. The molecular formula is C18H21N5O3. The van der Waals surface area contributed by atoms with Gasteiger partial charge in [0.2, 0.25) is 5.71 Å². The lowest BCUT2D eigenvalue weighted by Gasteiger charge is -2.24. The first-order valence-corrected chi connectivity index (χ1v) is 8.19. The van der Waals surface area contributed by atoms with Gasteiger partial charge in [-0.2, -0.15) is 15.6 Å². The maximum absolute atomic E-state index is 12.1. The number of nitrogens with zero attached hydrogens (tertiary/aromatic N) is 4. The molecule has 136 valence electrons. The second-order valence-electron chi connectivity index (χ2n) is 6.78. The first kappa shape index (κ1) is 19.1. The van der Waals surface area contributed by atoms with Gasteiger partial charge in [-0.05, 0) is 45.0 Å². The van der Waals surface area contributed by atoms with E-state index in [1.807, 2.05) is 20.8 Å². The monoisotopic (exact) mass is 355 g/mol. The van der Waals surface area contributed by atoms with E-state index >= 15 is 0 Å². The van der Waals surface area contributed by atoms with Gasteiger partial charge in [-0.25, -0.2) is 4.79 Å². The van der Waals surface area contributed by atoms with E-state index in [9.17, 15) is 4.79 Å². The number of carbonyl (C=O) groups is 1. The van der Waals surface area contributed by atoms with E-state index in [0.717, 1.165) is 6.42 Å². The van der Waals surface area contributed by atoms with Gasteiger partial charge in [0.1, 0.15) is 29.6 Å². The number of nitrogens with one attached hydrogen (secondary N) is 1. The van der Waals surface area contributed by atoms with Crippen LogP contribution in [0.15, 0.2) is 29.4 Å². The maximum Gasteiger partial charge on any atom is 0.410 e. The molecule has 1 fully saturated rings. The lowest BCUT2D eigenvalue weighted by molar-refractivity contribution is 0.0275. The minimum Gasteiger partial charge on any atom is -0.489 e. The van der Waals surface area contributed by atoms with Crippen LogP contribution in [0.2, 0.25) is 0 Å². The van der Waals surface area contributed by atoms with Gasteiger partial charge < -0.3 is 14.4 Å². The highest BCUT2D eigenvalue weighted by Crippen LogP contribution is 2.22. The van der Waals surface area contributed by atoms with Crippen molar-refractivity contribution >= 4 is 17.5 Å². The van der Waals surface area contributed by atoms with Crippen LogP contribution in [0.1, 0.15) is 27.2 Å². The summed E-state index contributed by atoms with van der Waals surface area (Å²) in [7, 11) is 0. The number of hydrazone groups is 1. The number of benzene rings is 1. The highest BCUT2D eigenvalue weighted by Gasteiger charge is 2.30. The maximum atomic E-state index is 12.1. The lowest BCUT2D eigenvalue weighted by Crippen LogP contribution is -2.36. The molecule has 0 aliphatic carbocycles. The molecule has 0 bridgehead atoms. The number of nitriles is 2. The van der Waals surface area contributed by atoms with Gasteiger partial charge >= 0.3 is 6.09 Å². The summed E-state index contributed by atoms with van der Waals surface area (Å²) in [5.41, 5.74) is 2.49. The molecule has 1 saturated heterocycles. The average molecular weight is 355 g/mol. The minimum absolute atomic E-state index is 0.0943. The second-order valence-corrected chi connectivity index (χ2v) is 6.78. The van der Waals surface area contributed by atoms with Crippen LogP contribution >= 0.6 is 0 Å². The topological polar surface area (TPSA) is 111 Å². The molecule has 1 N–H and O–H groups in total. The molecule has 0 saturated carbocycles. The molecule has 0 spiro atoms. The van der Waals surface area contributed by atoms with Crippen LogP contribution in [0, 0.1) is 22.7 Å². The van der Waals surface area contributed by atoms with Crippen LogP contribution < -0.4 is 10.2 Å². The molecular weight excluding hydrogens is 334 g/mol. The number of hydrogen-bond donors (Lipinski definition) is 1. The fourth-order valence-electron chi connectivity index (χ4n) is 2.31. The number of carbonyl (C=O) groups excluding carboxylic acids is 1. The first-order chi connectivity index (χ1) is 12.3. The van der Waals surface area contributed by atoms with Crippen molar-refractivity contribution < 1.29 is 14.3 Å². The summed E-state index contributed by atoms with van der Waals surface area (Å²) in [6.07, 6.45) is 0.312. The Morgan fingerprint density at radius 3 is 2.50 bits per heavy atom. The summed E-state index contributed by atoms with van der Waals surface area (Å²) in [5, 5.41) is 20.9. The highest BCUT2D eigenvalue weighted by molar-refractivity contribution is 6.10. The minimum atomic E-state index is -0.516. The zero-order chi connectivity index (χ0) is 19.2. The molecule has 2 rings (SSSR count). The van der Waals surface area contributed by atoms with Gasteiger partial charge in [-0.3, -0.25) is 5.43 Å². The number of amides is 1. The number of likely N-dealkylation sites (tertiary alicyclic amines) is 1. The Bertz CT molecular complexity index is 737. The molecule has 1 amide bonds. The van der Waals surface area contributed by atoms with E-state index in [-0.39, 0.29) is 17.9 Å². The summed E-state index contributed by atoms with van der Waals surface area (Å²) >= 11 is 0. The Kier molecular flexibility index (Phi) is 6.03. The van der Waals surface area contributed by atoms with E-state index in [4.69, 9.17) is 20.0 Å². The number of ether oxygens (including phenoxy) is 2. The zero-order valence-corrected chi connectivity index (χ0v) is 15.0. The quantitative estimate of drug-likeness (QED) is 0.657. The highest BCUT2D eigenvalue weighted by atomic mass is 16.6. The predicted molar refractivity (Wildman–Crippen MR) is 95.6 cm³/mol. The van der Waals surface area contributed by atoms with Crippen LogP contribution in [0.3, 0.4) is 0 Å². The summed E-state index contributed by atoms with van der Waals surface area (Å²) in [6.45, 7) is 6.59. The van der Waals surface area contributed by atoms with Crippen molar-refractivity contribution in [1.82, 2.24) is 4.90 Å². The van der Waals surface area contributed by atoms with Gasteiger partial charge in [-0.1, -0.05) is 0 Å². The van der Waals surface area contributed by atoms with Crippen molar-refractivity contribution in [2.24, 2.45) is 5.10 Å². The summed E-state index contributed by atoms with van der Waals surface area (Å²) in [5.74, 6) is 0.663. The lowest BCUT2D eigenvalue weighted by atomic mass is 10.2. The van der Waals surface area contributed by atoms with Crippen molar-refractivity contribution in [3.8, 4) is 17.9 Å². The standard InChI is InChI=1S/C18H21N5O3/c1-18(2,3)26-17(24)23-9-8-16(12-23)25-15-6-4-13(5-7-15)21-22-14(10-19)11-20/h4-7,16,21H,8-9,12H2,1-3H3. The van der Waals surface area contributed by atoms with Crippen molar-refractivity contribution in [2.75, 3.05) is 18.5 Å². The molecule has 0 radical (unpaired) electrons. The van der Waals surface area contributed by atoms with Gasteiger partial charge in [0, 0.05) is 13.0 Å². The first-order valence-electron chi connectivity index (χ1n) is 8.19. The zero-order valence-electron chi connectivity index (χ0n) is 15.0. The Morgan fingerprint density at radius 2 is 1.92 bits per heavy atom. The van der Waals surface area contributed by atoms with Crippen LogP contribution in [0.4, 0.5) is 10.5 Å². The van der Waals surface area contributed by atoms with E-state index in [1.165, 1.54) is 0 Å². The Labute approximate surface area is 152 Å². The Balaban J connectivity index is 1.87. The van der Waals surface area contributed by atoms with E-state index in [1.54, 1.807) is 41.3 Å². The molecule has 0 aromatic heterocycles. The largest absolute Gasteiger partial charge is 0.489 e. The van der Waals surface area contributed by atoms with Crippen molar-refractivity contribution in [1.29, 1.82) is 10.5 Å². The normalized spacial score (nSPS) is 16.2. The molecule has 1 aliphatic rings. The van der Waals surface area contributed by atoms with Crippen molar-refractivity contribution in [3.63, 3.8) is 0 Å². The summed E-state index contributed by atoms with van der Waals surface area (Å²) in [4.78, 5) is 13.7. The molecule has 26 heavy (non-hydrogen) atoms. The van der Waals surface area contributed by atoms with Crippen LogP contribution in [-0.4, -0.2) is 41.5 Å². The molecule has 1 aliphatic heterocycles. The third-order valence-corrected chi connectivity index (χ3v) is 3.46. The predicted octanol–water partition coefficient (Wildman–Crippen LogP) is 2.89. The van der Waals surface area contributed by atoms with E-state index in [2.05, 4.69) is 10.5 Å². The van der Waals surface area contributed by atoms with Gasteiger partial charge in [0.05, 0.1) is 12.2 Å². The van der Waals surface area contributed by atoms with Crippen molar-refractivity contribution in [3.05, 3.63) is 24.3 Å². The molecule has 1 aromatic rings. The fourth-order valence-corrected chi connectivity index (χ4v) is 2.31. The third kappa shape index (κ3) is 5.67. The second kappa shape index (κ2) is 8.21. The van der Waals surface area contributed by atoms with Gasteiger partial charge in [-0.15, -0.1) is 0 Å². The van der Waals surface area contributed by atoms with Gasteiger partial charge in [0.25, 0.3) is 0 Å². The van der Waals surface area contributed by atoms with E-state index < -0.39 is 5.60 Å². The molecule has 1 atom stereocenters. The summed E-state index contributed by atoms with van der Waals surface area (Å²) < 4.78 is 11.3. The molecule has 1 heterocycles. The number of rotatable bonds is 4. The average Bonchev–Trinajstić information content (AvgIpc) is 3.04. The van der Waals surface area contributed by atoms with Crippen LogP contribution in [0.25, 0.3) is 0 Å². The van der Waals surface area contributed by atoms with E-state index in [0.29, 0.717) is 24.5 Å². The smallest absolute Gasteiger partial charge is 0.410 e.